The van der Waals surface area contributed by atoms with Crippen LogP contribution in [-0.4, -0.2) is 23.9 Å². The van der Waals surface area contributed by atoms with Crippen LogP contribution in [0.2, 0.25) is 5.02 Å². The standard InChI is InChI=1S/C18H11ClF5N3O3S/c1-27-8-13(25-16(27)15-11(20)3-2-4-12(15)21)17(28)26-31(29,30)14-6-5-9(7-10(14)19)18(22,23)24/h2-8H,1H3,(H,26,28). The van der Waals surface area contributed by atoms with E-state index in [4.69, 9.17) is 11.6 Å². The second-order valence-electron chi connectivity index (χ2n) is 6.23. The van der Waals surface area contributed by atoms with E-state index >= 15 is 0 Å². The number of sulfonamides is 1. The second-order valence-corrected chi connectivity index (χ2v) is 8.29. The average molecular weight is 480 g/mol. The maximum absolute atomic E-state index is 14.0. The Labute approximate surface area is 177 Å². The highest BCUT2D eigenvalue weighted by molar-refractivity contribution is 7.90. The molecule has 164 valence electrons. The molecule has 3 aromatic rings. The van der Waals surface area contributed by atoms with Crippen molar-refractivity contribution in [2.75, 3.05) is 0 Å². The molecule has 0 aliphatic rings. The number of imidazole rings is 1. The molecular formula is C18H11ClF5N3O3S. The summed E-state index contributed by atoms with van der Waals surface area (Å²) in [5.41, 5.74) is -2.21. The summed E-state index contributed by atoms with van der Waals surface area (Å²) in [4.78, 5) is 15.4. The number of aryl methyl sites for hydroxylation is 1. The summed E-state index contributed by atoms with van der Waals surface area (Å²) >= 11 is 5.66. The van der Waals surface area contributed by atoms with Crippen LogP contribution in [0, 0.1) is 11.6 Å². The molecule has 2 aromatic carbocycles. The van der Waals surface area contributed by atoms with E-state index in [1.807, 2.05) is 0 Å². The van der Waals surface area contributed by atoms with Crippen LogP contribution in [-0.2, 0) is 23.2 Å². The van der Waals surface area contributed by atoms with Gasteiger partial charge in [0.05, 0.1) is 16.1 Å². The molecule has 0 bridgehead atoms. The minimum Gasteiger partial charge on any atom is -0.333 e. The first kappa shape index (κ1) is 22.7. The van der Waals surface area contributed by atoms with E-state index < -0.39 is 60.5 Å². The molecule has 0 saturated heterocycles. The Morgan fingerprint density at radius 1 is 1.13 bits per heavy atom. The Bertz CT molecular complexity index is 1270. The van der Waals surface area contributed by atoms with E-state index in [1.165, 1.54) is 7.05 Å². The number of nitrogens with zero attached hydrogens (tertiary/aromatic N) is 2. The van der Waals surface area contributed by atoms with Crippen LogP contribution in [0.4, 0.5) is 22.0 Å². The number of aromatic nitrogens is 2. The second kappa shape index (κ2) is 7.93. The lowest BCUT2D eigenvalue weighted by Gasteiger charge is -2.11. The number of nitrogens with one attached hydrogen (secondary N) is 1. The van der Waals surface area contributed by atoms with Crippen molar-refractivity contribution < 1.29 is 35.2 Å². The summed E-state index contributed by atoms with van der Waals surface area (Å²) < 4.78 is 93.7. The van der Waals surface area contributed by atoms with Crippen LogP contribution in [0.1, 0.15) is 16.1 Å². The lowest BCUT2D eigenvalue weighted by molar-refractivity contribution is -0.137. The van der Waals surface area contributed by atoms with Crippen molar-refractivity contribution in [3.05, 3.63) is 70.5 Å². The van der Waals surface area contributed by atoms with Gasteiger partial charge < -0.3 is 4.57 Å². The van der Waals surface area contributed by atoms with Crippen molar-refractivity contribution in [3.63, 3.8) is 0 Å². The van der Waals surface area contributed by atoms with E-state index in [9.17, 15) is 35.2 Å². The van der Waals surface area contributed by atoms with Gasteiger partial charge in [0.25, 0.3) is 15.9 Å². The van der Waals surface area contributed by atoms with E-state index in [0.29, 0.717) is 18.2 Å². The first-order valence-corrected chi connectivity index (χ1v) is 10.1. The highest BCUT2D eigenvalue weighted by atomic mass is 35.5. The van der Waals surface area contributed by atoms with Crippen LogP contribution in [0.15, 0.2) is 47.5 Å². The average Bonchev–Trinajstić information content (AvgIpc) is 3.02. The smallest absolute Gasteiger partial charge is 0.333 e. The Kier molecular flexibility index (Phi) is 5.80. The minimum atomic E-state index is -4.75. The molecule has 0 radical (unpaired) electrons. The van der Waals surface area contributed by atoms with E-state index in [0.717, 1.165) is 29.0 Å². The Hall–Kier alpha value is -2.99. The van der Waals surface area contributed by atoms with Crippen molar-refractivity contribution in [2.45, 2.75) is 11.1 Å². The zero-order valence-corrected chi connectivity index (χ0v) is 16.9. The fraction of sp³-hybridized carbons (Fsp3) is 0.111. The predicted octanol–water partition coefficient (Wildman–Crippen LogP) is 4.16. The van der Waals surface area contributed by atoms with E-state index in [1.54, 1.807) is 4.72 Å². The van der Waals surface area contributed by atoms with Crippen molar-refractivity contribution in [2.24, 2.45) is 7.05 Å². The van der Waals surface area contributed by atoms with Crippen LogP contribution >= 0.6 is 11.6 Å². The summed E-state index contributed by atoms with van der Waals surface area (Å²) in [6.45, 7) is 0. The van der Waals surface area contributed by atoms with Gasteiger partial charge in [-0.3, -0.25) is 4.79 Å². The first-order valence-electron chi connectivity index (χ1n) is 8.23. The number of rotatable bonds is 4. The molecule has 1 aromatic heterocycles. The highest BCUT2D eigenvalue weighted by Crippen LogP contribution is 2.33. The summed E-state index contributed by atoms with van der Waals surface area (Å²) in [5.74, 6) is -3.48. The number of carbonyl (C=O) groups excluding carboxylic acids is 1. The van der Waals surface area contributed by atoms with Gasteiger partial charge in [0.15, 0.2) is 0 Å². The third-order valence-electron chi connectivity index (χ3n) is 4.07. The summed E-state index contributed by atoms with van der Waals surface area (Å²) in [5, 5.41) is -0.759. The van der Waals surface area contributed by atoms with Gasteiger partial charge in [0, 0.05) is 13.2 Å². The fourth-order valence-electron chi connectivity index (χ4n) is 2.64. The normalized spacial score (nSPS) is 12.1. The monoisotopic (exact) mass is 479 g/mol. The van der Waals surface area contributed by atoms with E-state index in [-0.39, 0.29) is 5.82 Å². The van der Waals surface area contributed by atoms with Gasteiger partial charge in [-0.05, 0) is 30.3 Å². The molecule has 0 aliphatic heterocycles. The van der Waals surface area contributed by atoms with Crippen LogP contribution in [0.3, 0.4) is 0 Å². The van der Waals surface area contributed by atoms with Gasteiger partial charge in [-0.25, -0.2) is 26.9 Å². The lowest BCUT2D eigenvalue weighted by Crippen LogP contribution is -2.31. The van der Waals surface area contributed by atoms with Crippen LogP contribution in [0.5, 0.6) is 0 Å². The number of hydrogen-bond acceptors (Lipinski definition) is 4. The van der Waals surface area contributed by atoms with Gasteiger partial charge in [0.2, 0.25) is 0 Å². The molecule has 1 amide bonds. The molecule has 0 atom stereocenters. The highest BCUT2D eigenvalue weighted by Gasteiger charge is 2.32. The van der Waals surface area contributed by atoms with Crippen molar-refractivity contribution >= 4 is 27.5 Å². The number of alkyl halides is 3. The van der Waals surface area contributed by atoms with Gasteiger partial charge >= 0.3 is 6.18 Å². The Morgan fingerprint density at radius 3 is 2.29 bits per heavy atom. The molecule has 1 heterocycles. The Morgan fingerprint density at radius 2 is 1.74 bits per heavy atom. The van der Waals surface area contributed by atoms with Crippen molar-refractivity contribution in [1.29, 1.82) is 0 Å². The molecule has 31 heavy (non-hydrogen) atoms. The number of amides is 1. The number of halogens is 6. The van der Waals surface area contributed by atoms with Crippen molar-refractivity contribution in [1.82, 2.24) is 14.3 Å². The summed E-state index contributed by atoms with van der Waals surface area (Å²) in [7, 11) is -3.36. The zero-order chi connectivity index (χ0) is 23.1. The number of hydrogen-bond donors (Lipinski definition) is 1. The third kappa shape index (κ3) is 4.54. The molecule has 6 nitrogen and oxygen atoms in total. The SMILES string of the molecule is Cn1cc(C(=O)NS(=O)(=O)c2ccc(C(F)(F)F)cc2Cl)nc1-c1c(F)cccc1F. The third-order valence-corrected chi connectivity index (χ3v) is 5.89. The molecule has 0 aliphatic carbocycles. The number of carbonyl (C=O) groups is 1. The molecule has 13 heteroatoms. The first-order chi connectivity index (χ1) is 14.3. The molecule has 3 rings (SSSR count). The van der Waals surface area contributed by atoms with Gasteiger partial charge in [0.1, 0.15) is 28.0 Å². The van der Waals surface area contributed by atoms with E-state index in [2.05, 4.69) is 4.98 Å². The molecule has 0 fully saturated rings. The fourth-order valence-corrected chi connectivity index (χ4v) is 4.15. The van der Waals surface area contributed by atoms with Crippen LogP contribution < -0.4 is 4.72 Å². The molecule has 0 unspecified atom stereocenters. The zero-order valence-electron chi connectivity index (χ0n) is 15.3. The van der Waals surface area contributed by atoms with Crippen LogP contribution in [0.25, 0.3) is 11.4 Å². The van der Waals surface area contributed by atoms with Crippen molar-refractivity contribution in [3.8, 4) is 11.4 Å². The molecular weight excluding hydrogens is 469 g/mol. The lowest BCUT2D eigenvalue weighted by atomic mass is 10.2. The summed E-state index contributed by atoms with van der Waals surface area (Å²) in [6, 6.07) is 4.57. The maximum Gasteiger partial charge on any atom is 0.416 e. The maximum atomic E-state index is 14.0. The largest absolute Gasteiger partial charge is 0.416 e. The Balaban J connectivity index is 1.92. The topological polar surface area (TPSA) is 81.1 Å². The van der Waals surface area contributed by atoms with Gasteiger partial charge in [-0.1, -0.05) is 17.7 Å². The number of benzene rings is 2. The van der Waals surface area contributed by atoms with Gasteiger partial charge in [-0.15, -0.1) is 0 Å². The molecule has 0 saturated carbocycles. The molecule has 1 N–H and O–H groups in total. The predicted molar refractivity (Wildman–Crippen MR) is 99.7 cm³/mol. The molecule has 0 spiro atoms. The minimum absolute atomic E-state index is 0.286. The van der Waals surface area contributed by atoms with Gasteiger partial charge in [-0.2, -0.15) is 13.2 Å². The summed E-state index contributed by atoms with van der Waals surface area (Å²) in [6.07, 6.45) is -3.72. The quantitative estimate of drug-likeness (QED) is 0.570.